The van der Waals surface area contributed by atoms with Crippen LogP contribution in [0.3, 0.4) is 0 Å². The Hall–Kier alpha value is -2.62. The van der Waals surface area contributed by atoms with E-state index in [1.807, 2.05) is 60.7 Å². The van der Waals surface area contributed by atoms with E-state index in [-0.39, 0.29) is 24.9 Å². The number of carbonyl (C=O) groups excluding carboxylic acids is 2. The molecule has 112 valence electrons. The van der Waals surface area contributed by atoms with Crippen LogP contribution in [0.1, 0.15) is 23.6 Å². The van der Waals surface area contributed by atoms with Crippen molar-refractivity contribution < 1.29 is 14.7 Å². The number of nitrogens with zero attached hydrogens (tertiary/aromatic N) is 1. The van der Waals surface area contributed by atoms with Gasteiger partial charge in [0.2, 0.25) is 5.91 Å². The molecule has 0 spiro atoms. The molecule has 0 radical (unpaired) electrons. The molecule has 0 bridgehead atoms. The van der Waals surface area contributed by atoms with Gasteiger partial charge in [0.25, 0.3) is 0 Å². The summed E-state index contributed by atoms with van der Waals surface area (Å²) in [6, 6.07) is 19.1. The first kappa shape index (κ1) is 14.3. The number of rotatable bonds is 4. The van der Waals surface area contributed by atoms with Crippen molar-refractivity contribution in [1.82, 2.24) is 4.90 Å². The Labute approximate surface area is 129 Å². The zero-order valence-electron chi connectivity index (χ0n) is 12.0. The smallest absolute Gasteiger partial charge is 0.224 e. The summed E-state index contributed by atoms with van der Waals surface area (Å²) in [5.41, 5.74) is 1.95. The summed E-state index contributed by atoms with van der Waals surface area (Å²) in [6.45, 7) is 0.190. The van der Waals surface area contributed by atoms with Gasteiger partial charge in [-0.05, 0) is 11.1 Å². The van der Waals surface area contributed by atoms with Crippen LogP contribution in [0.4, 0.5) is 0 Å². The molecule has 1 aliphatic rings. The molecule has 0 aliphatic carbocycles. The highest BCUT2D eigenvalue weighted by atomic mass is 16.4. The number of hydrogen-bond acceptors (Lipinski definition) is 3. The van der Waals surface area contributed by atoms with Crippen molar-refractivity contribution in [2.24, 2.45) is 5.92 Å². The van der Waals surface area contributed by atoms with E-state index in [1.54, 1.807) is 4.90 Å². The van der Waals surface area contributed by atoms with Gasteiger partial charge >= 0.3 is 0 Å². The van der Waals surface area contributed by atoms with E-state index in [9.17, 15) is 14.7 Å². The molecule has 22 heavy (non-hydrogen) atoms. The minimum atomic E-state index is -1.16. The molecule has 0 aromatic heterocycles. The number of hydrogen-bond donors (Lipinski definition) is 0. The lowest BCUT2D eigenvalue weighted by Gasteiger charge is -2.29. The van der Waals surface area contributed by atoms with Gasteiger partial charge in [-0.3, -0.25) is 4.79 Å². The standard InChI is InChI=1S/C18H17NO3/c20-16-11-15(18(21)22)12-19(16)17(13-7-3-1-4-8-13)14-9-5-2-6-10-14/h1-10,15,17H,11-12H2,(H,21,22)/p-1/t15-/m0/s1. The quantitative estimate of drug-likeness (QED) is 0.856. The van der Waals surface area contributed by atoms with Crippen molar-refractivity contribution in [3.63, 3.8) is 0 Å². The van der Waals surface area contributed by atoms with Gasteiger partial charge in [0.15, 0.2) is 0 Å². The summed E-state index contributed by atoms with van der Waals surface area (Å²) in [5.74, 6) is -2.04. The lowest BCUT2D eigenvalue weighted by atomic mass is 9.97. The molecular formula is C18H16NO3-. The molecule has 2 aromatic rings. The predicted molar refractivity (Wildman–Crippen MR) is 79.6 cm³/mol. The predicted octanol–water partition coefficient (Wildman–Crippen LogP) is 1.37. The third kappa shape index (κ3) is 2.72. The fraction of sp³-hybridized carbons (Fsp3) is 0.222. The number of carboxylic acid groups (broad SMARTS) is 1. The van der Waals surface area contributed by atoms with Crippen molar-refractivity contribution in [3.05, 3.63) is 71.8 Å². The second-order valence-electron chi connectivity index (χ2n) is 5.49. The van der Waals surface area contributed by atoms with Gasteiger partial charge in [-0.2, -0.15) is 0 Å². The molecule has 1 atom stereocenters. The lowest BCUT2D eigenvalue weighted by molar-refractivity contribution is -0.311. The molecule has 0 N–H and O–H groups in total. The van der Waals surface area contributed by atoms with Crippen LogP contribution in [0.5, 0.6) is 0 Å². The van der Waals surface area contributed by atoms with E-state index >= 15 is 0 Å². The molecule has 0 saturated carbocycles. The zero-order valence-corrected chi connectivity index (χ0v) is 12.0. The van der Waals surface area contributed by atoms with Crippen LogP contribution in [0.25, 0.3) is 0 Å². The second-order valence-corrected chi connectivity index (χ2v) is 5.49. The summed E-state index contributed by atoms with van der Waals surface area (Å²) in [7, 11) is 0. The maximum absolute atomic E-state index is 12.3. The van der Waals surface area contributed by atoms with Gasteiger partial charge in [-0.15, -0.1) is 0 Å². The van der Waals surface area contributed by atoms with E-state index in [0.29, 0.717) is 0 Å². The Bertz CT molecular complexity index is 630. The average Bonchev–Trinajstić information content (AvgIpc) is 2.92. The molecular weight excluding hydrogens is 278 g/mol. The minimum absolute atomic E-state index is 0.0124. The Morgan fingerprint density at radius 3 is 1.91 bits per heavy atom. The first-order valence-corrected chi connectivity index (χ1v) is 7.27. The monoisotopic (exact) mass is 294 g/mol. The van der Waals surface area contributed by atoms with Crippen molar-refractivity contribution in [1.29, 1.82) is 0 Å². The third-order valence-corrected chi connectivity index (χ3v) is 4.03. The van der Waals surface area contributed by atoms with Gasteiger partial charge in [-0.25, -0.2) is 0 Å². The molecule has 1 fully saturated rings. The number of benzene rings is 2. The van der Waals surface area contributed by atoms with E-state index in [2.05, 4.69) is 0 Å². The Morgan fingerprint density at radius 2 is 1.50 bits per heavy atom. The molecule has 1 aliphatic heterocycles. The van der Waals surface area contributed by atoms with Crippen molar-refractivity contribution in [2.45, 2.75) is 12.5 Å². The SMILES string of the molecule is O=C([O-])[C@H]1CC(=O)N(C(c2ccccc2)c2ccccc2)C1. The molecule has 0 unspecified atom stereocenters. The molecule has 4 heteroatoms. The van der Waals surface area contributed by atoms with E-state index in [0.717, 1.165) is 11.1 Å². The van der Waals surface area contributed by atoms with Crippen molar-refractivity contribution in [3.8, 4) is 0 Å². The molecule has 4 nitrogen and oxygen atoms in total. The first-order valence-electron chi connectivity index (χ1n) is 7.27. The molecule has 2 aromatic carbocycles. The Balaban J connectivity index is 2.00. The Morgan fingerprint density at radius 1 is 1.00 bits per heavy atom. The highest BCUT2D eigenvalue weighted by Crippen LogP contribution is 2.33. The zero-order chi connectivity index (χ0) is 15.5. The van der Waals surface area contributed by atoms with Gasteiger partial charge in [-0.1, -0.05) is 60.7 Å². The van der Waals surface area contributed by atoms with Crippen molar-refractivity contribution in [2.75, 3.05) is 6.54 Å². The highest BCUT2D eigenvalue weighted by molar-refractivity contribution is 5.86. The van der Waals surface area contributed by atoms with E-state index in [4.69, 9.17) is 0 Å². The topological polar surface area (TPSA) is 60.4 Å². The number of likely N-dealkylation sites (tertiary alicyclic amines) is 1. The summed E-state index contributed by atoms with van der Waals surface area (Å²) >= 11 is 0. The van der Waals surface area contributed by atoms with Crippen LogP contribution in [0, 0.1) is 5.92 Å². The number of carboxylic acids is 1. The summed E-state index contributed by atoms with van der Waals surface area (Å²) < 4.78 is 0. The van der Waals surface area contributed by atoms with E-state index in [1.165, 1.54) is 0 Å². The average molecular weight is 294 g/mol. The fourth-order valence-corrected chi connectivity index (χ4v) is 2.96. The number of carbonyl (C=O) groups is 2. The summed E-state index contributed by atoms with van der Waals surface area (Å²) in [5, 5.41) is 11.1. The van der Waals surface area contributed by atoms with E-state index < -0.39 is 11.9 Å². The number of aliphatic carboxylic acids is 1. The van der Waals surface area contributed by atoms with Crippen LogP contribution >= 0.6 is 0 Å². The molecule has 3 rings (SSSR count). The fourth-order valence-electron chi connectivity index (χ4n) is 2.96. The van der Waals surface area contributed by atoms with Gasteiger partial charge < -0.3 is 14.8 Å². The van der Waals surface area contributed by atoms with Crippen molar-refractivity contribution >= 4 is 11.9 Å². The summed E-state index contributed by atoms with van der Waals surface area (Å²) in [6.07, 6.45) is 0.0124. The summed E-state index contributed by atoms with van der Waals surface area (Å²) in [4.78, 5) is 25.1. The third-order valence-electron chi connectivity index (χ3n) is 4.03. The minimum Gasteiger partial charge on any atom is -0.550 e. The molecule has 1 heterocycles. The second kappa shape index (κ2) is 6.02. The highest BCUT2D eigenvalue weighted by Gasteiger charge is 2.36. The van der Waals surface area contributed by atoms with Crippen LogP contribution in [0.15, 0.2) is 60.7 Å². The van der Waals surface area contributed by atoms with Crippen LogP contribution in [0.2, 0.25) is 0 Å². The van der Waals surface area contributed by atoms with Crippen LogP contribution in [-0.4, -0.2) is 23.3 Å². The Kier molecular flexibility index (Phi) is 3.92. The van der Waals surface area contributed by atoms with Crippen LogP contribution < -0.4 is 5.11 Å². The molecule has 1 amide bonds. The van der Waals surface area contributed by atoms with Crippen LogP contribution in [-0.2, 0) is 9.59 Å². The first-order chi connectivity index (χ1) is 10.7. The maximum Gasteiger partial charge on any atom is 0.224 e. The maximum atomic E-state index is 12.3. The van der Waals surface area contributed by atoms with Gasteiger partial charge in [0.1, 0.15) is 0 Å². The molecule has 1 saturated heterocycles. The largest absolute Gasteiger partial charge is 0.550 e. The lowest BCUT2D eigenvalue weighted by Crippen LogP contribution is -2.35. The normalized spacial score (nSPS) is 18.0. The number of amides is 1. The van der Waals surface area contributed by atoms with Gasteiger partial charge in [0.05, 0.1) is 6.04 Å². The van der Waals surface area contributed by atoms with Gasteiger partial charge in [0, 0.05) is 24.9 Å².